The van der Waals surface area contributed by atoms with E-state index >= 15 is 0 Å². The summed E-state index contributed by atoms with van der Waals surface area (Å²) in [6.45, 7) is 6.49. The van der Waals surface area contributed by atoms with Gasteiger partial charge in [-0.2, -0.15) is 0 Å². The number of carbonyl (C=O) groups is 2. The van der Waals surface area contributed by atoms with Gasteiger partial charge < -0.3 is 25.0 Å². The Hall–Kier alpha value is -2.42. The fourth-order valence-corrected chi connectivity index (χ4v) is 3.27. The summed E-state index contributed by atoms with van der Waals surface area (Å²) >= 11 is 0. The number of rotatable bonds is 8. The molecule has 154 valence electrons. The average molecular weight is 391 g/mol. The van der Waals surface area contributed by atoms with Crippen molar-refractivity contribution in [3.63, 3.8) is 0 Å². The minimum atomic E-state index is -1.08. The second kappa shape index (κ2) is 9.18. The summed E-state index contributed by atoms with van der Waals surface area (Å²) < 4.78 is 5.59. The Balaban J connectivity index is 1.38. The van der Waals surface area contributed by atoms with Gasteiger partial charge in [0.25, 0.3) is 0 Å². The topological polar surface area (TPSA) is 108 Å². The first kappa shape index (κ1) is 20.3. The molecule has 1 aliphatic heterocycles. The molecule has 28 heavy (non-hydrogen) atoms. The number of hydrogen-bond acceptors (Lipinski definition) is 6. The van der Waals surface area contributed by atoms with Crippen molar-refractivity contribution in [3.8, 4) is 0 Å². The molecule has 0 radical (unpaired) electrons. The number of aromatic nitrogens is 2. The maximum absolute atomic E-state index is 12.5. The lowest BCUT2D eigenvalue weighted by Crippen LogP contribution is -2.49. The third kappa shape index (κ3) is 5.79. The summed E-state index contributed by atoms with van der Waals surface area (Å²) in [6.07, 6.45) is 5.27. The molecule has 3 rings (SSSR count). The molecule has 2 unspecified atom stereocenters. The van der Waals surface area contributed by atoms with E-state index in [9.17, 15) is 9.59 Å². The fraction of sp³-hybridized carbons (Fsp3) is 0.684. The van der Waals surface area contributed by atoms with Gasteiger partial charge in [0, 0.05) is 38.6 Å². The van der Waals surface area contributed by atoms with Crippen LogP contribution in [0.5, 0.6) is 0 Å². The third-order valence-electron chi connectivity index (χ3n) is 5.08. The predicted molar refractivity (Wildman–Crippen MR) is 103 cm³/mol. The summed E-state index contributed by atoms with van der Waals surface area (Å²) in [5, 5.41) is 11.0. The second-order valence-corrected chi connectivity index (χ2v) is 7.66. The van der Waals surface area contributed by atoms with Gasteiger partial charge in [0.1, 0.15) is 0 Å². The number of hydrogen-bond donors (Lipinski definition) is 2. The summed E-state index contributed by atoms with van der Waals surface area (Å²) in [5.74, 6) is 1.43. The van der Waals surface area contributed by atoms with Gasteiger partial charge in [-0.25, -0.2) is 14.8 Å². The third-order valence-corrected chi connectivity index (χ3v) is 5.08. The number of nitrogens with one attached hydrogen (secondary N) is 1. The van der Waals surface area contributed by atoms with Gasteiger partial charge in [-0.05, 0) is 38.2 Å². The molecule has 1 aliphatic carbocycles. The van der Waals surface area contributed by atoms with E-state index in [4.69, 9.17) is 9.84 Å². The normalized spacial score (nSPS) is 19.2. The zero-order valence-electron chi connectivity index (χ0n) is 16.5. The standard InChI is InChI=1S/C19H29N5O4/c1-13(22-19(26)27)12-28-14(2)9-17(25)23-5-7-24(8-6-23)18-20-10-16(11-21-18)15-3-4-15/h10-11,13-15,22H,3-9,12H2,1-2H3,(H,26,27). The van der Waals surface area contributed by atoms with Gasteiger partial charge in [-0.3, -0.25) is 4.79 Å². The Morgan fingerprint density at radius 1 is 1.21 bits per heavy atom. The van der Waals surface area contributed by atoms with Gasteiger partial charge in [0.05, 0.1) is 25.2 Å². The van der Waals surface area contributed by atoms with Gasteiger partial charge in [-0.15, -0.1) is 0 Å². The molecule has 2 fully saturated rings. The number of ether oxygens (including phenoxy) is 1. The van der Waals surface area contributed by atoms with Crippen LogP contribution < -0.4 is 10.2 Å². The zero-order valence-corrected chi connectivity index (χ0v) is 16.5. The van der Waals surface area contributed by atoms with Crippen molar-refractivity contribution in [1.82, 2.24) is 20.2 Å². The molecular formula is C19H29N5O4. The summed E-state index contributed by atoms with van der Waals surface area (Å²) in [4.78, 5) is 36.0. The molecule has 0 aromatic carbocycles. The van der Waals surface area contributed by atoms with E-state index in [0.29, 0.717) is 32.1 Å². The number of carbonyl (C=O) groups excluding carboxylic acids is 1. The zero-order chi connectivity index (χ0) is 20.1. The van der Waals surface area contributed by atoms with Crippen molar-refractivity contribution in [2.45, 2.75) is 51.2 Å². The molecule has 1 aromatic rings. The first-order valence-electron chi connectivity index (χ1n) is 9.88. The first-order valence-corrected chi connectivity index (χ1v) is 9.88. The Kier molecular flexibility index (Phi) is 6.66. The van der Waals surface area contributed by atoms with Crippen LogP contribution in [0, 0.1) is 0 Å². The highest BCUT2D eigenvalue weighted by atomic mass is 16.5. The van der Waals surface area contributed by atoms with Crippen molar-refractivity contribution < 1.29 is 19.4 Å². The predicted octanol–water partition coefficient (Wildman–Crippen LogP) is 1.45. The minimum Gasteiger partial charge on any atom is -0.465 e. The summed E-state index contributed by atoms with van der Waals surface area (Å²) in [6, 6.07) is -0.315. The van der Waals surface area contributed by atoms with Crippen LogP contribution in [0.2, 0.25) is 0 Å². The lowest BCUT2D eigenvalue weighted by atomic mass is 10.2. The molecule has 2 N–H and O–H groups in total. The van der Waals surface area contributed by atoms with E-state index in [1.54, 1.807) is 6.92 Å². The number of nitrogens with zero attached hydrogens (tertiary/aromatic N) is 4. The van der Waals surface area contributed by atoms with Crippen LogP contribution in [0.4, 0.5) is 10.7 Å². The Labute approximate surface area is 165 Å². The van der Waals surface area contributed by atoms with Crippen LogP contribution in [0.1, 0.15) is 44.6 Å². The summed E-state index contributed by atoms with van der Waals surface area (Å²) in [7, 11) is 0. The monoisotopic (exact) mass is 391 g/mol. The van der Waals surface area contributed by atoms with Gasteiger partial charge in [-0.1, -0.05) is 0 Å². The van der Waals surface area contributed by atoms with E-state index < -0.39 is 6.09 Å². The van der Waals surface area contributed by atoms with Crippen LogP contribution >= 0.6 is 0 Å². The molecule has 1 aromatic heterocycles. The molecule has 2 aliphatic rings. The SMILES string of the molecule is CC(COC(C)CC(=O)N1CCN(c2ncc(C3CC3)cn2)CC1)NC(=O)O. The molecule has 2 atom stereocenters. The molecular weight excluding hydrogens is 362 g/mol. The average Bonchev–Trinajstić information content (AvgIpc) is 3.51. The molecule has 1 saturated heterocycles. The Morgan fingerprint density at radius 2 is 1.86 bits per heavy atom. The highest BCUT2D eigenvalue weighted by molar-refractivity contribution is 5.77. The van der Waals surface area contributed by atoms with Crippen molar-refractivity contribution in [2.75, 3.05) is 37.7 Å². The highest BCUT2D eigenvalue weighted by Crippen LogP contribution is 2.39. The van der Waals surface area contributed by atoms with Gasteiger partial charge in [0.15, 0.2) is 0 Å². The molecule has 2 amide bonds. The maximum atomic E-state index is 12.5. The molecule has 0 bridgehead atoms. The Morgan fingerprint density at radius 3 is 2.43 bits per heavy atom. The number of amides is 2. The molecule has 0 spiro atoms. The molecule has 9 nitrogen and oxygen atoms in total. The largest absolute Gasteiger partial charge is 0.465 e. The number of anilines is 1. The molecule has 9 heteroatoms. The van der Waals surface area contributed by atoms with Crippen molar-refractivity contribution >= 4 is 17.9 Å². The van der Waals surface area contributed by atoms with Crippen LogP contribution in [-0.4, -0.2) is 76.9 Å². The van der Waals surface area contributed by atoms with Crippen LogP contribution in [-0.2, 0) is 9.53 Å². The minimum absolute atomic E-state index is 0.0518. The quantitative estimate of drug-likeness (QED) is 0.690. The number of carboxylic acid groups (broad SMARTS) is 1. The molecule has 1 saturated carbocycles. The molecule has 2 heterocycles. The van der Waals surface area contributed by atoms with E-state index in [1.165, 1.54) is 18.4 Å². The second-order valence-electron chi connectivity index (χ2n) is 7.66. The van der Waals surface area contributed by atoms with Gasteiger partial charge in [0.2, 0.25) is 11.9 Å². The van der Waals surface area contributed by atoms with Gasteiger partial charge >= 0.3 is 6.09 Å². The smallest absolute Gasteiger partial charge is 0.404 e. The van der Waals surface area contributed by atoms with Crippen LogP contribution in [0.15, 0.2) is 12.4 Å². The van der Waals surface area contributed by atoms with E-state index in [2.05, 4.69) is 20.2 Å². The summed E-state index contributed by atoms with van der Waals surface area (Å²) in [5.41, 5.74) is 1.22. The van der Waals surface area contributed by atoms with Crippen LogP contribution in [0.3, 0.4) is 0 Å². The first-order chi connectivity index (χ1) is 13.4. The van der Waals surface area contributed by atoms with Crippen molar-refractivity contribution in [3.05, 3.63) is 18.0 Å². The van der Waals surface area contributed by atoms with E-state index in [0.717, 1.165) is 5.95 Å². The Bertz CT molecular complexity index is 671. The fourth-order valence-electron chi connectivity index (χ4n) is 3.27. The van der Waals surface area contributed by atoms with E-state index in [1.807, 2.05) is 24.2 Å². The lowest BCUT2D eigenvalue weighted by molar-refractivity contribution is -0.134. The lowest BCUT2D eigenvalue weighted by Gasteiger charge is -2.35. The highest BCUT2D eigenvalue weighted by Gasteiger charge is 2.26. The van der Waals surface area contributed by atoms with Crippen molar-refractivity contribution in [1.29, 1.82) is 0 Å². The van der Waals surface area contributed by atoms with E-state index in [-0.39, 0.29) is 31.1 Å². The maximum Gasteiger partial charge on any atom is 0.404 e. The van der Waals surface area contributed by atoms with Crippen molar-refractivity contribution in [2.24, 2.45) is 0 Å². The number of piperazine rings is 1. The van der Waals surface area contributed by atoms with Crippen LogP contribution in [0.25, 0.3) is 0 Å².